The normalized spacial score (nSPS) is 12.1. The molecule has 6 nitrogen and oxygen atoms in total. The van der Waals surface area contributed by atoms with E-state index in [2.05, 4.69) is 4.98 Å². The molecule has 0 fully saturated rings. The van der Waals surface area contributed by atoms with Crippen molar-refractivity contribution in [3.63, 3.8) is 0 Å². The van der Waals surface area contributed by atoms with Crippen molar-refractivity contribution in [1.82, 2.24) is 9.88 Å². The Balaban J connectivity index is 2.42. The van der Waals surface area contributed by atoms with Crippen LogP contribution in [-0.4, -0.2) is 48.0 Å². The zero-order valence-corrected chi connectivity index (χ0v) is 12.7. The summed E-state index contributed by atoms with van der Waals surface area (Å²) in [5, 5.41) is 1.66. The summed E-state index contributed by atoms with van der Waals surface area (Å²) in [6.45, 7) is 2.18. The number of pyridine rings is 1. The second-order valence-electron chi connectivity index (χ2n) is 4.95. The number of fused-ring (bicyclic) bond motifs is 1. The second kappa shape index (κ2) is 7.00. The van der Waals surface area contributed by atoms with Gasteiger partial charge in [0.25, 0.3) is 5.91 Å². The summed E-state index contributed by atoms with van der Waals surface area (Å²) in [6.07, 6.45) is 1.58. The molecule has 0 saturated heterocycles. The van der Waals surface area contributed by atoms with Gasteiger partial charge in [-0.15, -0.1) is 0 Å². The number of carbonyl (C=O) groups is 2. The Morgan fingerprint density at radius 3 is 2.73 bits per heavy atom. The third-order valence-electron chi connectivity index (χ3n) is 3.55. The molecule has 0 unspecified atom stereocenters. The highest BCUT2D eigenvalue weighted by Gasteiger charge is 2.26. The molecular weight excluding hydrogens is 282 g/mol. The second-order valence-corrected chi connectivity index (χ2v) is 4.95. The molecule has 1 heterocycles. The van der Waals surface area contributed by atoms with Crippen LogP contribution in [0.1, 0.15) is 17.4 Å². The number of hydrogen-bond donors (Lipinski definition) is 1. The molecule has 116 valence electrons. The third-order valence-corrected chi connectivity index (χ3v) is 3.55. The molecule has 6 heteroatoms. The Hall–Kier alpha value is -2.47. The van der Waals surface area contributed by atoms with Crippen molar-refractivity contribution < 1.29 is 14.3 Å². The fraction of sp³-hybridized carbons (Fsp3) is 0.312. The molecule has 2 aromatic rings. The van der Waals surface area contributed by atoms with Gasteiger partial charge in [-0.2, -0.15) is 0 Å². The van der Waals surface area contributed by atoms with Crippen LogP contribution in [0.5, 0.6) is 0 Å². The highest BCUT2D eigenvalue weighted by molar-refractivity contribution is 6.06. The van der Waals surface area contributed by atoms with E-state index in [9.17, 15) is 9.59 Å². The van der Waals surface area contributed by atoms with E-state index < -0.39 is 11.9 Å². The van der Waals surface area contributed by atoms with E-state index in [0.29, 0.717) is 12.3 Å². The highest BCUT2D eigenvalue weighted by Crippen LogP contribution is 2.18. The van der Waals surface area contributed by atoms with Gasteiger partial charge in [0, 0.05) is 25.2 Å². The lowest BCUT2D eigenvalue weighted by atomic mass is 10.1. The van der Waals surface area contributed by atoms with Crippen LogP contribution in [0.3, 0.4) is 0 Å². The zero-order valence-electron chi connectivity index (χ0n) is 12.7. The van der Waals surface area contributed by atoms with Gasteiger partial charge in [0.05, 0.1) is 6.61 Å². The molecule has 2 rings (SSSR count). The lowest BCUT2D eigenvalue weighted by Crippen LogP contribution is -2.47. The predicted molar refractivity (Wildman–Crippen MR) is 83.3 cm³/mol. The summed E-state index contributed by atoms with van der Waals surface area (Å²) in [4.78, 5) is 29.9. The number of rotatable bonds is 6. The van der Waals surface area contributed by atoms with Crippen LogP contribution in [0.2, 0.25) is 0 Å². The average molecular weight is 301 g/mol. The molecule has 1 aromatic heterocycles. The molecule has 0 bridgehead atoms. The van der Waals surface area contributed by atoms with Gasteiger partial charge in [0.15, 0.2) is 0 Å². The van der Waals surface area contributed by atoms with E-state index in [1.54, 1.807) is 13.1 Å². The number of methoxy groups -OCH3 is 1. The van der Waals surface area contributed by atoms with Crippen molar-refractivity contribution in [2.45, 2.75) is 13.0 Å². The van der Waals surface area contributed by atoms with Gasteiger partial charge in [-0.1, -0.05) is 24.3 Å². The van der Waals surface area contributed by atoms with Crippen LogP contribution in [0.25, 0.3) is 10.8 Å². The molecule has 1 atom stereocenters. The van der Waals surface area contributed by atoms with Gasteiger partial charge in [-0.3, -0.25) is 14.6 Å². The Bertz CT molecular complexity index is 682. The van der Waals surface area contributed by atoms with Crippen LogP contribution in [0, 0.1) is 0 Å². The molecular formula is C16H19N3O3. The van der Waals surface area contributed by atoms with Gasteiger partial charge in [0.1, 0.15) is 11.7 Å². The standard InChI is InChI=1S/C16H19N3O3/c1-11(15(17)20)19(9-10-22-2)16(21)14-13-6-4-3-5-12(13)7-8-18-14/h3-8,11H,9-10H2,1-2H3,(H2,17,20)/t11-/m0/s1. The molecule has 22 heavy (non-hydrogen) atoms. The first-order valence-electron chi connectivity index (χ1n) is 6.99. The summed E-state index contributed by atoms with van der Waals surface area (Å²) in [5.41, 5.74) is 5.65. The molecule has 2 N–H and O–H groups in total. The molecule has 1 aromatic carbocycles. The van der Waals surface area contributed by atoms with E-state index >= 15 is 0 Å². The number of nitrogens with zero attached hydrogens (tertiary/aromatic N) is 2. The molecule has 0 radical (unpaired) electrons. The lowest BCUT2D eigenvalue weighted by Gasteiger charge is -2.27. The van der Waals surface area contributed by atoms with E-state index in [0.717, 1.165) is 10.8 Å². The zero-order chi connectivity index (χ0) is 16.1. The maximum absolute atomic E-state index is 12.8. The summed E-state index contributed by atoms with van der Waals surface area (Å²) in [6, 6.07) is 8.58. The Labute approximate surface area is 128 Å². The minimum atomic E-state index is -0.733. The number of nitrogens with two attached hydrogens (primary N) is 1. The number of amides is 2. The molecule has 0 aliphatic rings. The van der Waals surface area contributed by atoms with Crippen LogP contribution in [-0.2, 0) is 9.53 Å². The maximum atomic E-state index is 12.8. The number of aromatic nitrogens is 1. The topological polar surface area (TPSA) is 85.5 Å². The molecule has 0 spiro atoms. The van der Waals surface area contributed by atoms with E-state index in [1.807, 2.05) is 30.3 Å². The van der Waals surface area contributed by atoms with Crippen LogP contribution >= 0.6 is 0 Å². The highest BCUT2D eigenvalue weighted by atomic mass is 16.5. The van der Waals surface area contributed by atoms with Crippen molar-refractivity contribution >= 4 is 22.6 Å². The number of ether oxygens (including phenoxy) is 1. The van der Waals surface area contributed by atoms with Crippen molar-refractivity contribution in [3.05, 3.63) is 42.2 Å². The average Bonchev–Trinajstić information content (AvgIpc) is 2.54. The minimum Gasteiger partial charge on any atom is -0.383 e. The Morgan fingerprint density at radius 1 is 1.32 bits per heavy atom. The number of primary amides is 1. The number of hydrogen-bond acceptors (Lipinski definition) is 4. The van der Waals surface area contributed by atoms with Crippen LogP contribution in [0.4, 0.5) is 0 Å². The van der Waals surface area contributed by atoms with Crippen LogP contribution < -0.4 is 5.73 Å². The molecule has 0 aliphatic heterocycles. The summed E-state index contributed by atoms with van der Waals surface area (Å²) in [5.74, 6) is -0.898. The molecule has 2 amide bonds. The quantitative estimate of drug-likeness (QED) is 0.868. The van der Waals surface area contributed by atoms with Crippen molar-refractivity contribution in [2.24, 2.45) is 5.73 Å². The lowest BCUT2D eigenvalue weighted by molar-refractivity contribution is -0.122. The van der Waals surface area contributed by atoms with Gasteiger partial charge in [-0.25, -0.2) is 0 Å². The fourth-order valence-corrected chi connectivity index (χ4v) is 2.24. The number of carbonyl (C=O) groups excluding carboxylic acids is 2. The first-order valence-corrected chi connectivity index (χ1v) is 6.99. The fourth-order valence-electron chi connectivity index (χ4n) is 2.24. The minimum absolute atomic E-state index is 0.268. The van der Waals surface area contributed by atoms with E-state index in [1.165, 1.54) is 12.0 Å². The first kappa shape index (κ1) is 15.9. The van der Waals surface area contributed by atoms with E-state index in [4.69, 9.17) is 10.5 Å². The van der Waals surface area contributed by atoms with Gasteiger partial charge in [0.2, 0.25) is 5.91 Å². The predicted octanol–water partition coefficient (Wildman–Crippen LogP) is 1.20. The largest absolute Gasteiger partial charge is 0.383 e. The summed E-state index contributed by atoms with van der Waals surface area (Å²) < 4.78 is 5.01. The van der Waals surface area contributed by atoms with Crippen molar-refractivity contribution in [3.8, 4) is 0 Å². The number of benzene rings is 1. The van der Waals surface area contributed by atoms with Crippen LogP contribution in [0.15, 0.2) is 36.5 Å². The first-order chi connectivity index (χ1) is 10.6. The van der Waals surface area contributed by atoms with Gasteiger partial charge < -0.3 is 15.4 Å². The monoisotopic (exact) mass is 301 g/mol. The SMILES string of the molecule is COCCN(C(=O)c1nccc2ccccc12)[C@@H](C)C(N)=O. The molecule has 0 aliphatic carbocycles. The Morgan fingerprint density at radius 2 is 2.05 bits per heavy atom. The van der Waals surface area contributed by atoms with Gasteiger partial charge in [-0.05, 0) is 18.4 Å². The third kappa shape index (κ3) is 3.23. The molecule has 0 saturated carbocycles. The van der Waals surface area contributed by atoms with Gasteiger partial charge >= 0.3 is 0 Å². The smallest absolute Gasteiger partial charge is 0.273 e. The van der Waals surface area contributed by atoms with E-state index in [-0.39, 0.29) is 12.5 Å². The Kier molecular flexibility index (Phi) is 5.06. The summed E-state index contributed by atoms with van der Waals surface area (Å²) >= 11 is 0. The van der Waals surface area contributed by atoms with Crippen molar-refractivity contribution in [2.75, 3.05) is 20.3 Å². The maximum Gasteiger partial charge on any atom is 0.273 e. The van der Waals surface area contributed by atoms with Crippen molar-refractivity contribution in [1.29, 1.82) is 0 Å². The summed E-state index contributed by atoms with van der Waals surface area (Å²) in [7, 11) is 1.54.